The first-order valence-electron chi connectivity index (χ1n) is 5.25. The SMILES string of the molecule is CNS(=O)(=O)c1csc(C(=O)NCC(C)(C)N)c1.Cl. The van der Waals surface area contributed by atoms with E-state index in [0.29, 0.717) is 11.4 Å². The van der Waals surface area contributed by atoms with Crippen LogP contribution in [0.2, 0.25) is 0 Å². The number of nitrogens with one attached hydrogen (secondary N) is 2. The van der Waals surface area contributed by atoms with E-state index in [4.69, 9.17) is 5.73 Å². The maximum atomic E-state index is 11.7. The molecule has 0 atom stereocenters. The minimum Gasteiger partial charge on any atom is -0.350 e. The van der Waals surface area contributed by atoms with Gasteiger partial charge in [0.05, 0.1) is 9.77 Å². The second-order valence-electron chi connectivity index (χ2n) is 4.53. The van der Waals surface area contributed by atoms with Crippen molar-refractivity contribution in [1.82, 2.24) is 10.0 Å². The second-order valence-corrected chi connectivity index (χ2v) is 7.32. The molecule has 0 aromatic carbocycles. The minimum absolute atomic E-state index is 0. The van der Waals surface area contributed by atoms with Gasteiger partial charge in [-0.25, -0.2) is 13.1 Å². The zero-order valence-corrected chi connectivity index (χ0v) is 13.3. The summed E-state index contributed by atoms with van der Waals surface area (Å²) < 4.78 is 25.2. The second kappa shape index (κ2) is 6.67. The Morgan fingerprint density at radius 1 is 1.47 bits per heavy atom. The van der Waals surface area contributed by atoms with Gasteiger partial charge in [-0.1, -0.05) is 0 Å². The molecule has 0 saturated carbocycles. The van der Waals surface area contributed by atoms with E-state index >= 15 is 0 Å². The number of thiophene rings is 1. The fraction of sp³-hybridized carbons (Fsp3) is 0.500. The Bertz CT molecular complexity index is 534. The maximum Gasteiger partial charge on any atom is 0.261 e. The molecule has 110 valence electrons. The van der Waals surface area contributed by atoms with Crippen LogP contribution in [-0.4, -0.2) is 33.5 Å². The summed E-state index contributed by atoms with van der Waals surface area (Å²) in [7, 11) is -2.18. The van der Waals surface area contributed by atoms with Crippen LogP contribution in [0, 0.1) is 0 Å². The number of carbonyl (C=O) groups excluding carboxylic acids is 1. The van der Waals surface area contributed by atoms with Gasteiger partial charge in [-0.3, -0.25) is 4.79 Å². The zero-order chi connectivity index (χ0) is 14.0. The van der Waals surface area contributed by atoms with Gasteiger partial charge in [0, 0.05) is 17.5 Å². The van der Waals surface area contributed by atoms with Gasteiger partial charge in [0.25, 0.3) is 5.91 Å². The van der Waals surface area contributed by atoms with E-state index in [2.05, 4.69) is 10.0 Å². The number of halogens is 1. The highest BCUT2D eigenvalue weighted by atomic mass is 35.5. The van der Waals surface area contributed by atoms with Crippen molar-refractivity contribution in [1.29, 1.82) is 0 Å². The molecule has 0 aliphatic rings. The first-order chi connectivity index (χ1) is 8.15. The van der Waals surface area contributed by atoms with Gasteiger partial charge in [-0.05, 0) is 27.0 Å². The summed E-state index contributed by atoms with van der Waals surface area (Å²) in [6, 6.07) is 1.34. The molecule has 1 aromatic heterocycles. The smallest absolute Gasteiger partial charge is 0.261 e. The van der Waals surface area contributed by atoms with E-state index in [1.54, 1.807) is 13.8 Å². The monoisotopic (exact) mass is 327 g/mol. The molecule has 0 aliphatic heterocycles. The molecule has 0 aliphatic carbocycles. The van der Waals surface area contributed by atoms with Crippen LogP contribution in [0.3, 0.4) is 0 Å². The van der Waals surface area contributed by atoms with Crippen LogP contribution in [0.15, 0.2) is 16.3 Å². The van der Waals surface area contributed by atoms with E-state index < -0.39 is 15.6 Å². The van der Waals surface area contributed by atoms with Gasteiger partial charge in [-0.2, -0.15) is 0 Å². The highest BCUT2D eigenvalue weighted by Gasteiger charge is 2.18. The number of hydrogen-bond donors (Lipinski definition) is 3. The summed E-state index contributed by atoms with van der Waals surface area (Å²) in [5.74, 6) is -0.323. The molecule has 0 bridgehead atoms. The Labute approximate surface area is 123 Å². The summed E-state index contributed by atoms with van der Waals surface area (Å²) in [5, 5.41) is 4.08. The third-order valence-corrected chi connectivity index (χ3v) is 4.55. The predicted octanol–water partition coefficient (Wildman–Crippen LogP) is 0.545. The molecule has 0 spiro atoms. The Morgan fingerprint density at radius 2 is 2.05 bits per heavy atom. The van der Waals surface area contributed by atoms with Crippen molar-refractivity contribution in [2.75, 3.05) is 13.6 Å². The van der Waals surface area contributed by atoms with Crippen LogP contribution in [0.5, 0.6) is 0 Å². The zero-order valence-electron chi connectivity index (χ0n) is 10.9. The van der Waals surface area contributed by atoms with Crippen LogP contribution >= 0.6 is 23.7 Å². The van der Waals surface area contributed by atoms with Crippen LogP contribution < -0.4 is 15.8 Å². The molecular weight excluding hydrogens is 310 g/mol. The lowest BCUT2D eigenvalue weighted by atomic mass is 10.1. The Balaban J connectivity index is 0.00000324. The lowest BCUT2D eigenvalue weighted by Crippen LogP contribution is -2.44. The lowest BCUT2D eigenvalue weighted by Gasteiger charge is -2.18. The van der Waals surface area contributed by atoms with Crippen molar-refractivity contribution in [3.63, 3.8) is 0 Å². The first kappa shape index (κ1) is 18.3. The van der Waals surface area contributed by atoms with Crippen LogP contribution in [0.25, 0.3) is 0 Å². The van der Waals surface area contributed by atoms with Gasteiger partial charge >= 0.3 is 0 Å². The molecule has 19 heavy (non-hydrogen) atoms. The molecule has 4 N–H and O–H groups in total. The van der Waals surface area contributed by atoms with Crippen molar-refractivity contribution in [3.05, 3.63) is 16.3 Å². The Hall–Kier alpha value is -0.670. The van der Waals surface area contributed by atoms with Crippen molar-refractivity contribution in [2.45, 2.75) is 24.3 Å². The molecular formula is C10H18ClN3O3S2. The summed E-state index contributed by atoms with van der Waals surface area (Å²) in [6.07, 6.45) is 0. The van der Waals surface area contributed by atoms with Crippen molar-refractivity contribution in [3.8, 4) is 0 Å². The molecule has 1 amide bonds. The summed E-state index contributed by atoms with van der Waals surface area (Å²) >= 11 is 1.08. The molecule has 1 rings (SSSR count). The number of nitrogens with two attached hydrogens (primary N) is 1. The number of hydrogen-bond acceptors (Lipinski definition) is 5. The highest BCUT2D eigenvalue weighted by molar-refractivity contribution is 7.89. The van der Waals surface area contributed by atoms with E-state index in [9.17, 15) is 13.2 Å². The molecule has 0 radical (unpaired) electrons. The average molecular weight is 328 g/mol. The highest BCUT2D eigenvalue weighted by Crippen LogP contribution is 2.18. The van der Waals surface area contributed by atoms with Crippen LogP contribution in [-0.2, 0) is 10.0 Å². The van der Waals surface area contributed by atoms with E-state index in [0.717, 1.165) is 11.3 Å². The van der Waals surface area contributed by atoms with Crippen LogP contribution in [0.1, 0.15) is 23.5 Å². The quantitative estimate of drug-likeness (QED) is 0.734. The van der Waals surface area contributed by atoms with Gasteiger partial charge in [0.15, 0.2) is 0 Å². The topological polar surface area (TPSA) is 101 Å². The number of sulfonamides is 1. The molecule has 0 fully saturated rings. The molecule has 6 nitrogen and oxygen atoms in total. The van der Waals surface area contributed by atoms with Crippen molar-refractivity contribution < 1.29 is 13.2 Å². The van der Waals surface area contributed by atoms with Crippen molar-refractivity contribution in [2.24, 2.45) is 5.73 Å². The Kier molecular flexibility index (Phi) is 6.43. The number of amides is 1. The standard InChI is InChI=1S/C10H17N3O3S2.ClH/c1-10(2,11)6-13-9(14)8-4-7(5-17-8)18(15,16)12-3;/h4-5,12H,6,11H2,1-3H3,(H,13,14);1H. The number of carbonyl (C=O) groups is 1. The van der Waals surface area contributed by atoms with Gasteiger partial charge in [0.1, 0.15) is 0 Å². The normalized spacial score (nSPS) is 11.8. The molecule has 9 heteroatoms. The largest absolute Gasteiger partial charge is 0.350 e. The number of rotatable bonds is 5. The van der Waals surface area contributed by atoms with Crippen molar-refractivity contribution >= 4 is 39.7 Å². The van der Waals surface area contributed by atoms with E-state index in [1.807, 2.05) is 0 Å². The lowest BCUT2D eigenvalue weighted by molar-refractivity contribution is 0.0950. The molecule has 0 saturated heterocycles. The summed E-state index contributed by atoms with van der Waals surface area (Å²) in [4.78, 5) is 12.2. The fourth-order valence-corrected chi connectivity index (χ4v) is 3.01. The summed E-state index contributed by atoms with van der Waals surface area (Å²) in [5.41, 5.74) is 5.23. The van der Waals surface area contributed by atoms with Gasteiger partial charge in [0.2, 0.25) is 10.0 Å². The summed E-state index contributed by atoms with van der Waals surface area (Å²) in [6.45, 7) is 3.90. The fourth-order valence-electron chi connectivity index (χ4n) is 1.09. The van der Waals surface area contributed by atoms with E-state index in [1.165, 1.54) is 18.5 Å². The predicted molar refractivity (Wildman–Crippen MR) is 78.4 cm³/mol. The Morgan fingerprint density at radius 3 is 2.53 bits per heavy atom. The van der Waals surface area contributed by atoms with Gasteiger partial charge < -0.3 is 11.1 Å². The molecule has 0 unspecified atom stereocenters. The van der Waals surface area contributed by atoms with E-state index in [-0.39, 0.29) is 23.2 Å². The van der Waals surface area contributed by atoms with Crippen LogP contribution in [0.4, 0.5) is 0 Å². The maximum absolute atomic E-state index is 11.7. The van der Waals surface area contributed by atoms with Gasteiger partial charge in [-0.15, -0.1) is 23.7 Å². The third-order valence-electron chi connectivity index (χ3n) is 2.08. The minimum atomic E-state index is -3.50. The average Bonchev–Trinajstić information content (AvgIpc) is 2.74. The first-order valence-corrected chi connectivity index (χ1v) is 7.61. The molecule has 1 aromatic rings. The molecule has 1 heterocycles. The third kappa shape index (κ3) is 5.45.